The van der Waals surface area contributed by atoms with Crippen LogP contribution in [0.25, 0.3) is 22.3 Å². The number of hydrogen-bond donors (Lipinski definition) is 1. The van der Waals surface area contributed by atoms with Crippen LogP contribution >= 0.6 is 0 Å². The van der Waals surface area contributed by atoms with Crippen molar-refractivity contribution in [2.24, 2.45) is 0 Å². The number of carboxylic acids is 1. The molecule has 0 aliphatic carbocycles. The minimum absolute atomic E-state index is 0.00406. The molecular weight excluding hydrogens is 488 g/mol. The number of aromatic nitrogens is 2. The van der Waals surface area contributed by atoms with Crippen LogP contribution in [0, 0.1) is 11.3 Å². The molecule has 196 valence electrons. The molecule has 0 bridgehead atoms. The van der Waals surface area contributed by atoms with Crippen molar-refractivity contribution >= 4 is 22.9 Å². The number of rotatable bonds is 8. The first kappa shape index (κ1) is 26.1. The molecule has 0 spiro atoms. The number of likely N-dealkylation sites (tertiary alicyclic amines) is 1. The highest BCUT2D eigenvalue weighted by molar-refractivity contribution is 5.97. The molecule has 4 aromatic rings. The molecule has 1 amide bonds. The molecule has 0 atom stereocenters. The Labute approximate surface area is 227 Å². The predicted octanol–water partition coefficient (Wildman–Crippen LogP) is 5.99. The molecule has 7 heteroatoms. The Morgan fingerprint density at radius 3 is 2.36 bits per heavy atom. The number of benzene rings is 3. The predicted molar refractivity (Wildman–Crippen MR) is 149 cm³/mol. The van der Waals surface area contributed by atoms with Crippen LogP contribution in [0.2, 0.25) is 0 Å². The fraction of sp³-hybridized carbons (Fsp3) is 0.281. The summed E-state index contributed by atoms with van der Waals surface area (Å²) in [5, 5.41) is 18.2. The Morgan fingerprint density at radius 1 is 0.923 bits per heavy atom. The minimum atomic E-state index is -0.817. The van der Waals surface area contributed by atoms with Crippen LogP contribution in [0.1, 0.15) is 65.2 Å². The van der Waals surface area contributed by atoms with Crippen molar-refractivity contribution in [2.75, 3.05) is 13.1 Å². The van der Waals surface area contributed by atoms with E-state index < -0.39 is 5.97 Å². The molecule has 0 radical (unpaired) electrons. The Bertz CT molecular complexity index is 1520. The number of aliphatic carboxylic acids is 1. The molecule has 0 unspecified atom stereocenters. The lowest BCUT2D eigenvalue weighted by atomic mass is 9.89. The lowest BCUT2D eigenvalue weighted by molar-refractivity contribution is -0.137. The number of piperidine rings is 1. The lowest BCUT2D eigenvalue weighted by Gasteiger charge is -2.32. The first-order valence-electron chi connectivity index (χ1n) is 13.4. The van der Waals surface area contributed by atoms with Gasteiger partial charge in [-0.05, 0) is 73.9 Å². The lowest BCUT2D eigenvalue weighted by Crippen LogP contribution is -2.37. The van der Waals surface area contributed by atoms with Crippen LogP contribution in [0.15, 0.2) is 72.8 Å². The Balaban J connectivity index is 1.38. The average molecular weight is 519 g/mol. The summed E-state index contributed by atoms with van der Waals surface area (Å²) < 4.78 is 0. The fourth-order valence-electron chi connectivity index (χ4n) is 5.22. The summed E-state index contributed by atoms with van der Waals surface area (Å²) in [6.07, 6.45) is 3.75. The topological polar surface area (TPSA) is 107 Å². The molecule has 1 aromatic heterocycles. The standard InChI is InChI=1S/C32H30N4O3/c33-21-22-10-12-25(13-11-22)31-28(8-4-5-9-30(37)38)34-29-20-26(14-15-27(29)35-31)32(39)36-18-16-24(17-19-36)23-6-2-1-3-7-23/h1-3,6-7,10-15,20,24H,4-5,8-9,16-19H2,(H,37,38). The van der Waals surface area contributed by atoms with Crippen LogP contribution in [-0.2, 0) is 11.2 Å². The number of nitrogens with zero attached hydrogens (tertiary/aromatic N) is 4. The van der Waals surface area contributed by atoms with Gasteiger partial charge in [0.1, 0.15) is 0 Å². The number of carbonyl (C=O) groups is 2. The molecule has 3 aromatic carbocycles. The zero-order chi connectivity index (χ0) is 27.2. The van der Waals surface area contributed by atoms with Gasteiger partial charge in [0.05, 0.1) is 34.1 Å². The summed E-state index contributed by atoms with van der Waals surface area (Å²) in [7, 11) is 0. The van der Waals surface area contributed by atoms with Gasteiger partial charge in [-0.15, -0.1) is 0 Å². The number of nitriles is 1. The number of hydrogen-bond acceptors (Lipinski definition) is 5. The van der Waals surface area contributed by atoms with Crippen molar-refractivity contribution in [3.63, 3.8) is 0 Å². The molecule has 7 nitrogen and oxygen atoms in total. The van der Waals surface area contributed by atoms with E-state index in [1.807, 2.05) is 41.3 Å². The van der Waals surface area contributed by atoms with Gasteiger partial charge < -0.3 is 10.0 Å². The van der Waals surface area contributed by atoms with Gasteiger partial charge in [0, 0.05) is 30.6 Å². The van der Waals surface area contributed by atoms with Crippen molar-refractivity contribution in [2.45, 2.75) is 44.4 Å². The van der Waals surface area contributed by atoms with Gasteiger partial charge >= 0.3 is 5.97 Å². The van der Waals surface area contributed by atoms with Crippen LogP contribution in [-0.4, -0.2) is 44.9 Å². The minimum Gasteiger partial charge on any atom is -0.481 e. The van der Waals surface area contributed by atoms with Crippen molar-refractivity contribution < 1.29 is 14.7 Å². The number of aryl methyl sites for hydroxylation is 1. The number of amides is 1. The summed E-state index contributed by atoms with van der Waals surface area (Å²) in [6.45, 7) is 1.43. The Hall–Kier alpha value is -4.57. The Morgan fingerprint density at radius 2 is 1.67 bits per heavy atom. The molecule has 0 saturated carbocycles. The maximum absolute atomic E-state index is 13.4. The van der Waals surface area contributed by atoms with Crippen molar-refractivity contribution in [3.05, 3.63) is 95.2 Å². The molecule has 1 fully saturated rings. The smallest absolute Gasteiger partial charge is 0.303 e. The van der Waals surface area contributed by atoms with Crippen LogP contribution in [0.5, 0.6) is 0 Å². The van der Waals surface area contributed by atoms with Crippen LogP contribution in [0.3, 0.4) is 0 Å². The second-order valence-electron chi connectivity index (χ2n) is 9.99. The van der Waals surface area contributed by atoms with Crippen molar-refractivity contribution in [1.29, 1.82) is 5.26 Å². The van der Waals surface area contributed by atoms with E-state index in [0.29, 0.717) is 66.1 Å². The number of fused-ring (bicyclic) bond motifs is 1. The number of carboxylic acid groups (broad SMARTS) is 1. The van der Waals surface area contributed by atoms with Crippen molar-refractivity contribution in [1.82, 2.24) is 14.9 Å². The second-order valence-corrected chi connectivity index (χ2v) is 9.99. The molecule has 1 aliphatic heterocycles. The van der Waals surface area contributed by atoms with Gasteiger partial charge in [0.2, 0.25) is 0 Å². The van der Waals surface area contributed by atoms with E-state index in [0.717, 1.165) is 24.1 Å². The van der Waals surface area contributed by atoms with Crippen molar-refractivity contribution in [3.8, 4) is 17.3 Å². The summed E-state index contributed by atoms with van der Waals surface area (Å²) in [4.78, 5) is 36.1. The molecule has 1 aliphatic rings. The zero-order valence-corrected chi connectivity index (χ0v) is 21.7. The summed E-state index contributed by atoms with van der Waals surface area (Å²) >= 11 is 0. The molecule has 39 heavy (non-hydrogen) atoms. The second kappa shape index (κ2) is 11.9. The highest BCUT2D eigenvalue weighted by Crippen LogP contribution is 2.30. The van der Waals surface area contributed by atoms with Gasteiger partial charge in [-0.3, -0.25) is 9.59 Å². The van der Waals surface area contributed by atoms with E-state index in [2.05, 4.69) is 30.3 Å². The van der Waals surface area contributed by atoms with Gasteiger partial charge in [0.25, 0.3) is 5.91 Å². The molecular formula is C32H30N4O3. The number of carbonyl (C=O) groups excluding carboxylic acids is 1. The van der Waals surface area contributed by atoms with Gasteiger partial charge in [-0.2, -0.15) is 5.26 Å². The molecule has 1 N–H and O–H groups in total. The quantitative estimate of drug-likeness (QED) is 0.287. The number of unbranched alkanes of at least 4 members (excludes halogenated alkanes) is 1. The van der Waals surface area contributed by atoms with E-state index in [9.17, 15) is 9.59 Å². The third-order valence-electron chi connectivity index (χ3n) is 7.38. The van der Waals surface area contributed by atoms with Gasteiger partial charge in [-0.25, -0.2) is 9.97 Å². The van der Waals surface area contributed by atoms with Crippen LogP contribution < -0.4 is 0 Å². The van der Waals surface area contributed by atoms with Gasteiger partial charge in [0.15, 0.2) is 0 Å². The largest absolute Gasteiger partial charge is 0.481 e. The molecule has 1 saturated heterocycles. The molecule has 2 heterocycles. The first-order chi connectivity index (χ1) is 19.0. The third-order valence-corrected chi connectivity index (χ3v) is 7.38. The molecule has 5 rings (SSSR count). The first-order valence-corrected chi connectivity index (χ1v) is 13.4. The monoisotopic (exact) mass is 518 g/mol. The average Bonchev–Trinajstić information content (AvgIpc) is 2.98. The van der Waals surface area contributed by atoms with E-state index in [1.165, 1.54) is 5.56 Å². The van der Waals surface area contributed by atoms with E-state index in [1.54, 1.807) is 12.1 Å². The Kier molecular flexibility index (Phi) is 7.93. The summed E-state index contributed by atoms with van der Waals surface area (Å²) in [6, 6.07) is 25.3. The van der Waals surface area contributed by atoms with E-state index in [4.69, 9.17) is 20.3 Å². The SMILES string of the molecule is N#Cc1ccc(-c2nc3ccc(C(=O)N4CCC(c5ccccc5)CC4)cc3nc2CCCCC(=O)O)cc1. The summed E-state index contributed by atoms with van der Waals surface area (Å²) in [5.74, 6) is -0.339. The third kappa shape index (κ3) is 6.12. The summed E-state index contributed by atoms with van der Waals surface area (Å²) in [5.41, 5.74) is 6.13. The van der Waals surface area contributed by atoms with Gasteiger partial charge in [-0.1, -0.05) is 42.5 Å². The maximum atomic E-state index is 13.4. The highest BCUT2D eigenvalue weighted by atomic mass is 16.4. The van der Waals surface area contributed by atoms with Crippen LogP contribution in [0.4, 0.5) is 0 Å². The van der Waals surface area contributed by atoms with E-state index in [-0.39, 0.29) is 12.3 Å². The van der Waals surface area contributed by atoms with E-state index >= 15 is 0 Å². The zero-order valence-electron chi connectivity index (χ0n) is 21.7. The normalized spacial score (nSPS) is 13.8. The fourth-order valence-corrected chi connectivity index (χ4v) is 5.22. The highest BCUT2D eigenvalue weighted by Gasteiger charge is 2.25. The maximum Gasteiger partial charge on any atom is 0.303 e.